The van der Waals surface area contributed by atoms with Gasteiger partial charge in [-0.25, -0.2) is 0 Å². The number of carbonyl (C=O) groups is 2. The van der Waals surface area contributed by atoms with Gasteiger partial charge < -0.3 is 10.2 Å². The molecule has 0 saturated heterocycles. The first-order valence-electron chi connectivity index (χ1n) is 11.3. The Bertz CT molecular complexity index is 836. The molecule has 0 aliphatic heterocycles. The molecule has 0 bridgehead atoms. The maximum Gasteiger partial charge on any atom is 0.242 e. The summed E-state index contributed by atoms with van der Waals surface area (Å²) in [6.07, 6.45) is 1.79. The molecule has 2 aromatic carbocycles. The molecule has 0 saturated carbocycles. The summed E-state index contributed by atoms with van der Waals surface area (Å²) in [6, 6.07) is 18.1. The lowest BCUT2D eigenvalue weighted by Gasteiger charge is -2.29. The minimum absolute atomic E-state index is 0.0160. The van der Waals surface area contributed by atoms with Gasteiger partial charge in [0, 0.05) is 19.0 Å². The highest BCUT2D eigenvalue weighted by Crippen LogP contribution is 2.22. The molecule has 0 fully saturated rings. The van der Waals surface area contributed by atoms with Crippen molar-refractivity contribution in [2.24, 2.45) is 0 Å². The molecule has 0 unspecified atom stereocenters. The average Bonchev–Trinajstić information content (AvgIpc) is 2.72. The fourth-order valence-electron chi connectivity index (χ4n) is 3.54. The summed E-state index contributed by atoms with van der Waals surface area (Å²) in [5.74, 6) is -0.0897. The van der Waals surface area contributed by atoms with Gasteiger partial charge in [0.15, 0.2) is 0 Å². The van der Waals surface area contributed by atoms with Crippen LogP contribution in [-0.4, -0.2) is 35.3 Å². The summed E-state index contributed by atoms with van der Waals surface area (Å²) in [6.45, 7) is 12.8. The number of nitrogens with zero attached hydrogens (tertiary/aromatic N) is 1. The Labute approximate surface area is 188 Å². The van der Waals surface area contributed by atoms with E-state index in [0.29, 0.717) is 19.4 Å². The predicted octanol–water partition coefficient (Wildman–Crippen LogP) is 4.90. The van der Waals surface area contributed by atoms with Crippen LogP contribution in [0.2, 0.25) is 0 Å². The van der Waals surface area contributed by atoms with Gasteiger partial charge in [-0.2, -0.15) is 0 Å². The van der Waals surface area contributed by atoms with Crippen LogP contribution >= 0.6 is 0 Å². The number of benzene rings is 2. The largest absolute Gasteiger partial charge is 0.352 e. The van der Waals surface area contributed by atoms with Gasteiger partial charge in [-0.05, 0) is 55.7 Å². The molecule has 4 nitrogen and oxygen atoms in total. The quantitative estimate of drug-likeness (QED) is 0.625. The van der Waals surface area contributed by atoms with Crippen molar-refractivity contribution in [3.05, 3.63) is 71.3 Å². The van der Waals surface area contributed by atoms with Gasteiger partial charge in [0.2, 0.25) is 11.8 Å². The number of carbonyl (C=O) groups excluding carboxylic acids is 2. The molecule has 2 aromatic rings. The Hall–Kier alpha value is -2.62. The van der Waals surface area contributed by atoms with Gasteiger partial charge in [0.05, 0.1) is 0 Å². The number of amides is 2. The van der Waals surface area contributed by atoms with E-state index in [2.05, 4.69) is 62.5 Å². The van der Waals surface area contributed by atoms with Crippen LogP contribution in [0.1, 0.15) is 64.7 Å². The number of hydrogen-bond donors (Lipinski definition) is 1. The van der Waals surface area contributed by atoms with E-state index in [1.54, 1.807) is 4.90 Å². The molecule has 0 aromatic heterocycles. The fraction of sp³-hybridized carbons (Fsp3) is 0.481. The summed E-state index contributed by atoms with van der Waals surface area (Å²) < 4.78 is 0. The number of hydrogen-bond acceptors (Lipinski definition) is 2. The van der Waals surface area contributed by atoms with Crippen LogP contribution in [0, 0.1) is 0 Å². The highest BCUT2D eigenvalue weighted by Gasteiger charge is 2.26. The number of aryl methyl sites for hydroxylation is 1. The number of rotatable bonds is 9. The molecule has 0 aliphatic rings. The lowest BCUT2D eigenvalue weighted by molar-refractivity contribution is -0.140. The van der Waals surface area contributed by atoms with Crippen LogP contribution in [-0.2, 0) is 27.8 Å². The van der Waals surface area contributed by atoms with Gasteiger partial charge in [-0.1, -0.05) is 75.4 Å². The van der Waals surface area contributed by atoms with Crippen molar-refractivity contribution in [1.82, 2.24) is 10.2 Å². The van der Waals surface area contributed by atoms with Crippen molar-refractivity contribution >= 4 is 11.8 Å². The molecule has 0 spiro atoms. The summed E-state index contributed by atoms with van der Waals surface area (Å²) in [7, 11) is 0. The summed E-state index contributed by atoms with van der Waals surface area (Å²) in [5, 5.41) is 2.94. The van der Waals surface area contributed by atoms with Crippen molar-refractivity contribution in [3.63, 3.8) is 0 Å². The van der Waals surface area contributed by atoms with Gasteiger partial charge in [-0.3, -0.25) is 9.59 Å². The smallest absolute Gasteiger partial charge is 0.242 e. The first-order valence-corrected chi connectivity index (χ1v) is 11.3. The maximum atomic E-state index is 13.1. The normalized spacial score (nSPS) is 12.5. The van der Waals surface area contributed by atoms with E-state index in [0.717, 1.165) is 17.5 Å². The Morgan fingerprint density at radius 1 is 0.871 bits per heavy atom. The second-order valence-electron chi connectivity index (χ2n) is 9.61. The first-order chi connectivity index (χ1) is 14.6. The zero-order chi connectivity index (χ0) is 23.0. The van der Waals surface area contributed by atoms with E-state index in [4.69, 9.17) is 0 Å². The molecule has 1 atom stereocenters. The highest BCUT2D eigenvalue weighted by molar-refractivity contribution is 5.87. The number of nitrogens with one attached hydrogen (secondary N) is 1. The molecule has 0 aliphatic carbocycles. The third-order valence-corrected chi connectivity index (χ3v) is 5.53. The van der Waals surface area contributed by atoms with E-state index in [9.17, 15) is 9.59 Å². The molecule has 168 valence electrons. The van der Waals surface area contributed by atoms with Gasteiger partial charge in [-0.15, -0.1) is 0 Å². The molecule has 31 heavy (non-hydrogen) atoms. The van der Waals surface area contributed by atoms with Crippen molar-refractivity contribution in [2.75, 3.05) is 6.54 Å². The van der Waals surface area contributed by atoms with Crippen molar-refractivity contribution in [2.45, 2.75) is 78.3 Å². The third kappa shape index (κ3) is 7.86. The Kier molecular flexibility index (Phi) is 8.85. The summed E-state index contributed by atoms with van der Waals surface area (Å²) in [4.78, 5) is 27.5. The Morgan fingerprint density at radius 2 is 1.45 bits per heavy atom. The van der Waals surface area contributed by atoms with Gasteiger partial charge >= 0.3 is 0 Å². The standard InChI is InChI=1S/C27H38N2O2/c1-20(2)28-26(31)21(3)29(19-18-22-10-8-7-9-11-22)25(30)17-14-23-12-15-24(16-13-23)27(4,5)6/h7-13,15-16,20-21H,14,17-19H2,1-6H3,(H,28,31)/t21-/m0/s1. The zero-order valence-electron chi connectivity index (χ0n) is 19.9. The second-order valence-corrected chi connectivity index (χ2v) is 9.61. The van der Waals surface area contributed by atoms with Crippen molar-refractivity contribution in [3.8, 4) is 0 Å². The zero-order valence-corrected chi connectivity index (χ0v) is 19.9. The average molecular weight is 423 g/mol. The van der Waals surface area contributed by atoms with E-state index in [1.807, 2.05) is 39.0 Å². The van der Waals surface area contributed by atoms with Crippen LogP contribution in [0.5, 0.6) is 0 Å². The summed E-state index contributed by atoms with van der Waals surface area (Å²) in [5.41, 5.74) is 3.70. The molecular weight excluding hydrogens is 384 g/mol. The molecule has 2 amide bonds. The monoisotopic (exact) mass is 422 g/mol. The topological polar surface area (TPSA) is 49.4 Å². The van der Waals surface area contributed by atoms with E-state index >= 15 is 0 Å². The van der Waals surface area contributed by atoms with E-state index in [-0.39, 0.29) is 23.3 Å². The van der Waals surface area contributed by atoms with E-state index in [1.165, 1.54) is 5.56 Å². The van der Waals surface area contributed by atoms with Crippen LogP contribution in [0.15, 0.2) is 54.6 Å². The second kappa shape index (κ2) is 11.1. The van der Waals surface area contributed by atoms with E-state index < -0.39 is 6.04 Å². The first kappa shape index (κ1) is 24.6. The molecule has 2 rings (SSSR count). The minimum Gasteiger partial charge on any atom is -0.352 e. The predicted molar refractivity (Wildman–Crippen MR) is 128 cm³/mol. The Morgan fingerprint density at radius 3 is 2.00 bits per heavy atom. The minimum atomic E-state index is -0.498. The van der Waals surface area contributed by atoms with Crippen LogP contribution in [0.3, 0.4) is 0 Å². The van der Waals surface area contributed by atoms with Crippen molar-refractivity contribution in [1.29, 1.82) is 0 Å². The van der Waals surface area contributed by atoms with Crippen molar-refractivity contribution < 1.29 is 9.59 Å². The highest BCUT2D eigenvalue weighted by atomic mass is 16.2. The van der Waals surface area contributed by atoms with Gasteiger partial charge in [0.1, 0.15) is 6.04 Å². The van der Waals surface area contributed by atoms with Gasteiger partial charge in [0.25, 0.3) is 0 Å². The molecular formula is C27H38N2O2. The SMILES string of the molecule is CC(C)NC(=O)[C@H](C)N(CCc1ccccc1)C(=O)CCc1ccc(C(C)(C)C)cc1. The molecule has 4 heteroatoms. The fourth-order valence-corrected chi connectivity index (χ4v) is 3.54. The summed E-state index contributed by atoms with van der Waals surface area (Å²) >= 11 is 0. The Balaban J connectivity index is 2.06. The maximum absolute atomic E-state index is 13.1. The van der Waals surface area contributed by atoms with Crippen LogP contribution in [0.25, 0.3) is 0 Å². The molecule has 0 heterocycles. The molecule has 1 N–H and O–H groups in total. The lowest BCUT2D eigenvalue weighted by Crippen LogP contribution is -2.50. The van der Waals surface area contributed by atoms with Crippen LogP contribution in [0.4, 0.5) is 0 Å². The lowest BCUT2D eigenvalue weighted by atomic mass is 9.86. The van der Waals surface area contributed by atoms with Crippen LogP contribution < -0.4 is 5.32 Å². The third-order valence-electron chi connectivity index (χ3n) is 5.53. The molecule has 0 radical (unpaired) electrons.